The zero-order chi connectivity index (χ0) is 4.41. The van der Waals surface area contributed by atoms with Gasteiger partial charge in [-0.2, -0.15) is 5.48 Å². The Hall–Kier alpha value is -0.223. The molecule has 34 valence electrons. The highest BCUT2D eigenvalue weighted by Gasteiger charge is 2.12. The predicted octanol–water partition coefficient (Wildman–Crippen LogP) is -0.560. The Kier molecular flexibility index (Phi) is 0.977. The minimum Gasteiger partial charge on any atom is -0.432 e. The lowest BCUT2D eigenvalue weighted by Crippen LogP contribution is -2.04. The van der Waals surface area contributed by atoms with E-state index in [2.05, 4.69) is 10.0 Å². The van der Waals surface area contributed by atoms with Gasteiger partial charge in [-0.15, -0.1) is 0 Å². The molecule has 1 saturated heterocycles. The van der Waals surface area contributed by atoms with Crippen LogP contribution in [0.5, 0.6) is 0 Å². The molecule has 0 bridgehead atoms. The first-order valence-corrected chi connectivity index (χ1v) is 3.34. The molecule has 0 spiro atoms. The van der Waals surface area contributed by atoms with Crippen molar-refractivity contribution in [3.8, 4) is 0 Å². The molecule has 6 heavy (non-hydrogen) atoms. The van der Waals surface area contributed by atoms with Crippen LogP contribution in [0.2, 0.25) is 6.04 Å². The van der Waals surface area contributed by atoms with Crippen LogP contribution >= 0.6 is 0 Å². The van der Waals surface area contributed by atoms with Crippen LogP contribution in [0, 0.1) is 0 Å². The monoisotopic (exact) mass is 103 g/mol. The number of hydrogen-bond acceptors (Lipinski definition) is 3. The fourth-order valence-electron chi connectivity index (χ4n) is 0.336. The van der Waals surface area contributed by atoms with E-state index >= 15 is 0 Å². The van der Waals surface area contributed by atoms with E-state index in [0.29, 0.717) is 6.04 Å². The summed E-state index contributed by atoms with van der Waals surface area (Å²) in [5.74, 6) is 0. The van der Waals surface area contributed by atoms with Crippen LogP contribution in [0.4, 0.5) is 0 Å². The molecular weight excluding hydrogens is 98.1 g/mol. The van der Waals surface area contributed by atoms with E-state index in [0.717, 1.165) is 6.54 Å². The van der Waals surface area contributed by atoms with Crippen molar-refractivity contribution in [1.29, 1.82) is 0 Å². The van der Waals surface area contributed by atoms with Crippen molar-refractivity contribution < 1.29 is 8.99 Å². The Morgan fingerprint density at radius 3 is 2.83 bits per heavy atom. The average Bonchev–Trinajstić information content (AvgIpc) is 1.86. The average molecular weight is 103 g/mol. The number of hydrogen-bond donors (Lipinski definition) is 1. The Morgan fingerprint density at radius 1 is 1.83 bits per heavy atom. The van der Waals surface area contributed by atoms with E-state index < -0.39 is 8.93 Å². The SMILES string of the molecule is O=[Si]1CCNO1. The lowest BCUT2D eigenvalue weighted by atomic mass is 10.8. The fraction of sp³-hybridized carbons (Fsp3) is 1.00. The van der Waals surface area contributed by atoms with E-state index in [1.54, 1.807) is 0 Å². The second-order valence-corrected chi connectivity index (χ2v) is 2.57. The van der Waals surface area contributed by atoms with Crippen LogP contribution in [0.3, 0.4) is 0 Å². The summed E-state index contributed by atoms with van der Waals surface area (Å²) in [5, 5.41) is 0. The van der Waals surface area contributed by atoms with Crippen LogP contribution in [0.15, 0.2) is 0 Å². The highest BCUT2D eigenvalue weighted by Crippen LogP contribution is 1.87. The molecule has 1 aliphatic rings. The third-order valence-electron chi connectivity index (χ3n) is 0.617. The second-order valence-electron chi connectivity index (χ2n) is 1.12. The lowest BCUT2D eigenvalue weighted by Gasteiger charge is -1.82. The molecule has 0 atom stereocenters. The van der Waals surface area contributed by atoms with Crippen molar-refractivity contribution in [2.24, 2.45) is 0 Å². The molecule has 0 saturated carbocycles. The summed E-state index contributed by atoms with van der Waals surface area (Å²) < 4.78 is 14.6. The summed E-state index contributed by atoms with van der Waals surface area (Å²) in [6.07, 6.45) is 0. The van der Waals surface area contributed by atoms with E-state index in [1.165, 1.54) is 0 Å². The van der Waals surface area contributed by atoms with E-state index in [9.17, 15) is 4.46 Å². The van der Waals surface area contributed by atoms with Crippen LogP contribution in [-0.4, -0.2) is 15.5 Å². The van der Waals surface area contributed by atoms with Crippen LogP contribution in [-0.2, 0) is 8.99 Å². The number of hydroxylamine groups is 1. The molecular formula is C2H5NO2Si. The molecule has 0 radical (unpaired) electrons. The maximum Gasteiger partial charge on any atom is 0.523 e. The first kappa shape index (κ1) is 3.95. The Labute approximate surface area is 37.0 Å². The Bertz CT molecular complexity index is 65.9. The van der Waals surface area contributed by atoms with Gasteiger partial charge in [0.2, 0.25) is 0 Å². The first-order chi connectivity index (χ1) is 2.89. The van der Waals surface area contributed by atoms with Gasteiger partial charge in [-0.3, -0.25) is 0 Å². The van der Waals surface area contributed by atoms with Gasteiger partial charge in [-0.05, 0) is 0 Å². The van der Waals surface area contributed by atoms with Gasteiger partial charge in [-0.1, -0.05) is 0 Å². The molecule has 1 aliphatic heterocycles. The minimum atomic E-state index is -1.62. The maximum absolute atomic E-state index is 10.1. The summed E-state index contributed by atoms with van der Waals surface area (Å²) in [6.45, 7) is 0.748. The molecule has 1 rings (SSSR count). The molecule has 0 unspecified atom stereocenters. The quantitative estimate of drug-likeness (QED) is 0.418. The molecule has 0 aromatic carbocycles. The van der Waals surface area contributed by atoms with Crippen molar-refractivity contribution in [3.63, 3.8) is 0 Å². The number of rotatable bonds is 0. The van der Waals surface area contributed by atoms with Crippen molar-refractivity contribution in [2.75, 3.05) is 6.54 Å². The van der Waals surface area contributed by atoms with Gasteiger partial charge in [0.15, 0.2) is 0 Å². The summed E-state index contributed by atoms with van der Waals surface area (Å²) >= 11 is 0. The molecule has 1 N–H and O–H groups in total. The molecule has 0 aromatic rings. The van der Waals surface area contributed by atoms with Gasteiger partial charge in [0.1, 0.15) is 0 Å². The Balaban J connectivity index is 2.37. The van der Waals surface area contributed by atoms with Crippen LogP contribution < -0.4 is 5.48 Å². The van der Waals surface area contributed by atoms with Crippen molar-refractivity contribution in [3.05, 3.63) is 0 Å². The summed E-state index contributed by atoms with van der Waals surface area (Å²) in [7, 11) is -1.62. The molecule has 0 aliphatic carbocycles. The molecule has 1 heterocycles. The van der Waals surface area contributed by atoms with Gasteiger partial charge in [0.25, 0.3) is 0 Å². The van der Waals surface area contributed by atoms with Crippen molar-refractivity contribution >= 4 is 8.93 Å². The van der Waals surface area contributed by atoms with Crippen molar-refractivity contribution in [1.82, 2.24) is 5.48 Å². The van der Waals surface area contributed by atoms with Gasteiger partial charge in [-0.25, -0.2) is 0 Å². The Morgan fingerprint density at radius 2 is 2.67 bits per heavy atom. The van der Waals surface area contributed by atoms with Gasteiger partial charge >= 0.3 is 8.93 Å². The third-order valence-corrected chi connectivity index (χ3v) is 1.65. The van der Waals surface area contributed by atoms with Gasteiger partial charge in [0.05, 0.1) is 0 Å². The first-order valence-electron chi connectivity index (χ1n) is 1.82. The predicted molar refractivity (Wildman–Crippen MR) is 20.3 cm³/mol. The van der Waals surface area contributed by atoms with E-state index in [4.69, 9.17) is 0 Å². The zero-order valence-electron chi connectivity index (χ0n) is 3.23. The number of nitrogens with one attached hydrogen (secondary N) is 1. The maximum atomic E-state index is 10.1. The van der Waals surface area contributed by atoms with E-state index in [1.807, 2.05) is 0 Å². The van der Waals surface area contributed by atoms with Gasteiger partial charge < -0.3 is 8.99 Å². The highest BCUT2D eigenvalue weighted by atomic mass is 28.3. The standard InChI is InChI=1S/C2H5NO2Si/c4-6-2-1-3-5-6/h3H,1-2H2. The topological polar surface area (TPSA) is 38.3 Å². The molecule has 0 aromatic heterocycles. The van der Waals surface area contributed by atoms with E-state index in [-0.39, 0.29) is 0 Å². The van der Waals surface area contributed by atoms with Crippen molar-refractivity contribution in [2.45, 2.75) is 6.04 Å². The smallest absolute Gasteiger partial charge is 0.432 e. The fourth-order valence-corrected chi connectivity index (χ4v) is 1.01. The van der Waals surface area contributed by atoms with Crippen LogP contribution in [0.25, 0.3) is 0 Å². The normalized spacial score (nSPS) is 21.0. The molecule has 0 amide bonds. The largest absolute Gasteiger partial charge is 0.523 e. The minimum absolute atomic E-state index is 0.699. The highest BCUT2D eigenvalue weighted by molar-refractivity contribution is 6.35. The zero-order valence-corrected chi connectivity index (χ0v) is 4.23. The summed E-state index contributed by atoms with van der Waals surface area (Å²) in [6, 6.07) is 0.699. The van der Waals surface area contributed by atoms with Gasteiger partial charge in [0, 0.05) is 12.6 Å². The van der Waals surface area contributed by atoms with Crippen LogP contribution in [0.1, 0.15) is 0 Å². The third kappa shape index (κ3) is 0.634. The molecule has 1 fully saturated rings. The summed E-state index contributed by atoms with van der Waals surface area (Å²) in [4.78, 5) is 0. The molecule has 4 heteroatoms. The second kappa shape index (κ2) is 1.48. The lowest BCUT2D eigenvalue weighted by molar-refractivity contribution is 0.220. The summed E-state index contributed by atoms with van der Waals surface area (Å²) in [5.41, 5.74) is 2.50. The molecule has 3 nitrogen and oxygen atoms in total.